The summed E-state index contributed by atoms with van der Waals surface area (Å²) in [5, 5.41) is 2.15. The van der Waals surface area contributed by atoms with E-state index in [2.05, 4.69) is 46.0 Å². The fourth-order valence-corrected chi connectivity index (χ4v) is 6.28. The molecule has 0 unspecified atom stereocenters. The van der Waals surface area contributed by atoms with Gasteiger partial charge < -0.3 is 14.5 Å². The summed E-state index contributed by atoms with van der Waals surface area (Å²) in [5.74, 6) is 2.14. The van der Waals surface area contributed by atoms with Crippen LogP contribution in [0, 0.1) is 6.92 Å². The fourth-order valence-electron chi connectivity index (χ4n) is 6.28. The molecular formula is C33H41N5O2. The highest BCUT2D eigenvalue weighted by Gasteiger charge is 2.31. The molecule has 6 rings (SSSR count). The number of unbranched alkanes of at least 4 members (excludes halogenated alkanes) is 4. The number of carbonyl (C=O) groups is 1. The Kier molecular flexibility index (Phi) is 8.28. The SMILES string of the molecule is Cc1cc2cc3c(cc2cc1OCCCCCCCN1CCN(c2ccccn2)CC1)N=C[C@@H]1CCCN1C3=O. The van der Waals surface area contributed by atoms with E-state index in [9.17, 15) is 4.79 Å². The van der Waals surface area contributed by atoms with Gasteiger partial charge in [0, 0.05) is 45.1 Å². The van der Waals surface area contributed by atoms with Crippen molar-refractivity contribution in [3.05, 3.63) is 59.8 Å². The zero-order chi connectivity index (χ0) is 27.3. The first-order valence-corrected chi connectivity index (χ1v) is 15.1. The molecule has 4 heterocycles. The quantitative estimate of drug-likeness (QED) is 0.295. The highest BCUT2D eigenvalue weighted by atomic mass is 16.5. The zero-order valence-electron chi connectivity index (χ0n) is 23.7. The van der Waals surface area contributed by atoms with E-state index >= 15 is 0 Å². The van der Waals surface area contributed by atoms with Crippen molar-refractivity contribution in [1.82, 2.24) is 14.8 Å². The average Bonchev–Trinajstić information content (AvgIpc) is 3.42. The lowest BCUT2D eigenvalue weighted by Gasteiger charge is -2.35. The number of ether oxygens (including phenoxy) is 1. The summed E-state index contributed by atoms with van der Waals surface area (Å²) >= 11 is 0. The Balaban J connectivity index is 0.922. The minimum Gasteiger partial charge on any atom is -0.493 e. The number of aromatic nitrogens is 1. The predicted octanol–water partition coefficient (Wildman–Crippen LogP) is 6.02. The lowest BCUT2D eigenvalue weighted by Crippen LogP contribution is -2.46. The number of aliphatic imine (C=N–C) groups is 1. The molecule has 0 aliphatic carbocycles. The summed E-state index contributed by atoms with van der Waals surface area (Å²) in [6.07, 6.45) is 12.0. The van der Waals surface area contributed by atoms with Crippen molar-refractivity contribution in [2.75, 3.05) is 50.8 Å². The van der Waals surface area contributed by atoms with Crippen molar-refractivity contribution in [3.8, 4) is 5.75 Å². The van der Waals surface area contributed by atoms with Crippen LogP contribution in [-0.2, 0) is 0 Å². The van der Waals surface area contributed by atoms with Gasteiger partial charge in [-0.15, -0.1) is 0 Å². The van der Waals surface area contributed by atoms with Crippen molar-refractivity contribution in [1.29, 1.82) is 0 Å². The standard InChI is InChI=1S/C33H41N5O2/c1-25-20-26-21-29-30(35-24-28-10-9-14-38(28)33(29)39)22-27(26)23-31(25)40-19-8-4-2-3-7-13-36-15-17-37(18-16-36)32-11-5-6-12-34-32/h5-6,11-12,20-24,28H,2-4,7-10,13-19H2,1H3/t28-/m0/s1. The van der Waals surface area contributed by atoms with Gasteiger partial charge in [-0.1, -0.05) is 25.3 Å². The third-order valence-corrected chi connectivity index (χ3v) is 8.65. The van der Waals surface area contributed by atoms with Crippen LogP contribution in [0.15, 0.2) is 53.7 Å². The molecule has 210 valence electrons. The number of carbonyl (C=O) groups excluding carboxylic acids is 1. The Morgan fingerprint density at radius 2 is 1.75 bits per heavy atom. The molecule has 3 aliphatic rings. The van der Waals surface area contributed by atoms with E-state index in [0.29, 0.717) is 5.56 Å². The summed E-state index contributed by atoms with van der Waals surface area (Å²) in [4.78, 5) is 29.3. The van der Waals surface area contributed by atoms with Crippen LogP contribution < -0.4 is 9.64 Å². The molecule has 0 bridgehead atoms. The van der Waals surface area contributed by atoms with Crippen molar-refractivity contribution in [2.24, 2.45) is 4.99 Å². The summed E-state index contributed by atoms with van der Waals surface area (Å²) in [6, 6.07) is 14.6. The van der Waals surface area contributed by atoms with Gasteiger partial charge in [0.05, 0.1) is 23.9 Å². The molecule has 1 atom stereocenters. The van der Waals surface area contributed by atoms with Gasteiger partial charge in [0.15, 0.2) is 0 Å². The summed E-state index contributed by atoms with van der Waals surface area (Å²) in [7, 11) is 0. The Bertz CT molecular complexity index is 1350. The maximum atomic E-state index is 13.1. The number of anilines is 1. The van der Waals surface area contributed by atoms with Crippen LogP contribution in [0.4, 0.5) is 11.5 Å². The molecule has 1 aromatic heterocycles. The van der Waals surface area contributed by atoms with E-state index in [4.69, 9.17) is 9.73 Å². The molecule has 2 saturated heterocycles. The number of aryl methyl sites for hydroxylation is 1. The van der Waals surface area contributed by atoms with Gasteiger partial charge in [-0.2, -0.15) is 0 Å². The number of hydrogen-bond acceptors (Lipinski definition) is 6. The van der Waals surface area contributed by atoms with Crippen molar-refractivity contribution >= 4 is 34.4 Å². The van der Waals surface area contributed by atoms with E-state index in [1.165, 1.54) is 32.2 Å². The molecule has 2 aromatic carbocycles. The number of benzene rings is 2. The smallest absolute Gasteiger partial charge is 0.256 e. The molecule has 0 N–H and O–H groups in total. The summed E-state index contributed by atoms with van der Waals surface area (Å²) in [6.45, 7) is 9.22. The largest absolute Gasteiger partial charge is 0.493 e. The Morgan fingerprint density at radius 3 is 2.60 bits per heavy atom. The lowest BCUT2D eigenvalue weighted by molar-refractivity contribution is 0.0775. The zero-order valence-corrected chi connectivity index (χ0v) is 23.7. The van der Waals surface area contributed by atoms with Crippen molar-refractivity contribution in [2.45, 2.75) is 57.9 Å². The van der Waals surface area contributed by atoms with Crippen LogP contribution in [0.2, 0.25) is 0 Å². The van der Waals surface area contributed by atoms with E-state index in [0.717, 1.165) is 92.2 Å². The Hall–Kier alpha value is -3.45. The number of rotatable bonds is 10. The number of pyridine rings is 1. The first-order valence-electron chi connectivity index (χ1n) is 15.1. The second-order valence-corrected chi connectivity index (χ2v) is 11.5. The fraction of sp³-hybridized carbons (Fsp3) is 0.485. The average molecular weight is 540 g/mol. The topological polar surface area (TPSA) is 61.3 Å². The lowest BCUT2D eigenvalue weighted by atomic mass is 10.0. The molecule has 1 amide bonds. The molecule has 0 saturated carbocycles. The number of fused-ring (bicyclic) bond motifs is 3. The van der Waals surface area contributed by atoms with E-state index in [1.54, 1.807) is 0 Å². The van der Waals surface area contributed by atoms with Gasteiger partial charge in [0.2, 0.25) is 0 Å². The molecule has 2 fully saturated rings. The normalized spacial score (nSPS) is 19.1. The first-order chi connectivity index (χ1) is 19.7. The molecule has 3 aromatic rings. The van der Waals surface area contributed by atoms with Gasteiger partial charge in [-0.25, -0.2) is 4.98 Å². The highest BCUT2D eigenvalue weighted by molar-refractivity contribution is 6.06. The van der Waals surface area contributed by atoms with Crippen LogP contribution in [0.5, 0.6) is 5.75 Å². The van der Waals surface area contributed by atoms with E-state index in [1.807, 2.05) is 35.5 Å². The van der Waals surface area contributed by atoms with Gasteiger partial charge in [0.25, 0.3) is 5.91 Å². The van der Waals surface area contributed by atoms with Gasteiger partial charge in [-0.05, 0) is 91.9 Å². The van der Waals surface area contributed by atoms with E-state index < -0.39 is 0 Å². The highest BCUT2D eigenvalue weighted by Crippen LogP contribution is 2.35. The van der Waals surface area contributed by atoms with Crippen LogP contribution >= 0.6 is 0 Å². The second-order valence-electron chi connectivity index (χ2n) is 11.5. The van der Waals surface area contributed by atoms with Crippen LogP contribution in [0.25, 0.3) is 10.8 Å². The van der Waals surface area contributed by atoms with Crippen LogP contribution in [-0.4, -0.2) is 78.8 Å². The molecule has 0 radical (unpaired) electrons. The predicted molar refractivity (Wildman–Crippen MR) is 162 cm³/mol. The maximum absolute atomic E-state index is 13.1. The molecule has 7 heteroatoms. The third-order valence-electron chi connectivity index (χ3n) is 8.65. The third kappa shape index (κ3) is 5.99. The number of piperazine rings is 1. The molecule has 40 heavy (non-hydrogen) atoms. The Labute approximate surface area is 237 Å². The molecule has 7 nitrogen and oxygen atoms in total. The van der Waals surface area contributed by atoms with Gasteiger partial charge in [-0.3, -0.25) is 14.7 Å². The molecule has 0 spiro atoms. The number of nitrogens with zero attached hydrogens (tertiary/aromatic N) is 5. The minimum absolute atomic E-state index is 0.109. The first kappa shape index (κ1) is 26.8. The minimum atomic E-state index is 0.109. The van der Waals surface area contributed by atoms with Crippen LogP contribution in [0.3, 0.4) is 0 Å². The maximum Gasteiger partial charge on any atom is 0.256 e. The molecule has 3 aliphatic heterocycles. The number of hydrogen-bond donors (Lipinski definition) is 0. The van der Waals surface area contributed by atoms with Gasteiger partial charge in [0.1, 0.15) is 11.6 Å². The van der Waals surface area contributed by atoms with Crippen LogP contribution in [0.1, 0.15) is 60.9 Å². The number of amides is 1. The monoisotopic (exact) mass is 539 g/mol. The summed E-state index contributed by atoms with van der Waals surface area (Å²) < 4.78 is 6.21. The van der Waals surface area contributed by atoms with Crippen molar-refractivity contribution < 1.29 is 9.53 Å². The second kappa shape index (κ2) is 12.4. The van der Waals surface area contributed by atoms with Gasteiger partial charge >= 0.3 is 0 Å². The van der Waals surface area contributed by atoms with Crippen molar-refractivity contribution in [3.63, 3.8) is 0 Å². The van der Waals surface area contributed by atoms with E-state index in [-0.39, 0.29) is 11.9 Å². The molecular weight excluding hydrogens is 498 g/mol. The Morgan fingerprint density at radius 1 is 0.925 bits per heavy atom. The summed E-state index contributed by atoms with van der Waals surface area (Å²) in [5.41, 5.74) is 2.60.